The first-order valence-corrected chi connectivity index (χ1v) is 11.0. The van der Waals surface area contributed by atoms with Crippen LogP contribution in [0.4, 0.5) is 11.6 Å². The Morgan fingerprint density at radius 1 is 1.03 bits per heavy atom. The molecule has 0 saturated carbocycles. The van der Waals surface area contributed by atoms with E-state index in [0.29, 0.717) is 34.5 Å². The number of para-hydroxylation sites is 1. The van der Waals surface area contributed by atoms with Gasteiger partial charge in [0.15, 0.2) is 5.82 Å². The number of benzene rings is 2. The highest BCUT2D eigenvalue weighted by Crippen LogP contribution is 2.40. The van der Waals surface area contributed by atoms with E-state index in [1.807, 2.05) is 55.5 Å². The van der Waals surface area contributed by atoms with E-state index >= 15 is 0 Å². The van der Waals surface area contributed by atoms with Crippen molar-refractivity contribution in [3.05, 3.63) is 89.9 Å². The number of fused-ring (bicyclic) bond motifs is 1. The van der Waals surface area contributed by atoms with Crippen molar-refractivity contribution < 1.29 is 14.3 Å². The van der Waals surface area contributed by atoms with Crippen molar-refractivity contribution in [2.75, 3.05) is 24.9 Å². The molecule has 2 N–H and O–H groups in total. The third kappa shape index (κ3) is 4.19. The second-order valence-corrected chi connectivity index (χ2v) is 7.94. The molecule has 0 bridgehead atoms. The number of carbonyl (C=O) groups is 1. The van der Waals surface area contributed by atoms with Gasteiger partial charge in [0.25, 0.3) is 5.91 Å². The van der Waals surface area contributed by atoms with Crippen molar-refractivity contribution in [1.82, 2.24) is 19.7 Å². The van der Waals surface area contributed by atoms with Crippen molar-refractivity contribution in [3.63, 3.8) is 0 Å². The van der Waals surface area contributed by atoms with Gasteiger partial charge in [-0.1, -0.05) is 18.2 Å². The quantitative estimate of drug-likeness (QED) is 0.435. The van der Waals surface area contributed by atoms with Gasteiger partial charge in [0, 0.05) is 23.0 Å². The first kappa shape index (κ1) is 22.1. The smallest absolute Gasteiger partial charge is 0.255 e. The maximum atomic E-state index is 13.6. The highest BCUT2D eigenvalue weighted by Gasteiger charge is 2.36. The molecule has 1 aliphatic heterocycles. The molecule has 9 nitrogen and oxygen atoms in total. The first-order chi connectivity index (χ1) is 17.1. The van der Waals surface area contributed by atoms with Crippen molar-refractivity contribution in [1.29, 1.82) is 0 Å². The van der Waals surface area contributed by atoms with Crippen molar-refractivity contribution >= 4 is 17.5 Å². The number of allylic oxidation sites excluding steroid dienone is 1. The van der Waals surface area contributed by atoms with Crippen LogP contribution in [-0.2, 0) is 4.79 Å². The molecule has 9 heteroatoms. The molecule has 35 heavy (non-hydrogen) atoms. The summed E-state index contributed by atoms with van der Waals surface area (Å²) in [5.41, 5.74) is 3.38. The van der Waals surface area contributed by atoms with Crippen LogP contribution in [0.2, 0.25) is 0 Å². The Labute approximate surface area is 202 Å². The molecule has 2 aromatic carbocycles. The lowest BCUT2D eigenvalue weighted by Gasteiger charge is -2.29. The average molecular weight is 469 g/mol. The standard InChI is InChI=1S/C26H24N6O3/c1-16-22(25(33)29-18-7-6-14-27-15-18)23(20-8-4-5-9-21(20)35-3)32-26(28-16)30-24(31-32)17-10-12-19(34-2)13-11-17/h4-15,23H,1-3H3,(H,29,33)(H,28,30,31)/t23-/m0/s1. The number of anilines is 2. The molecular weight excluding hydrogens is 444 g/mol. The van der Waals surface area contributed by atoms with Crippen LogP contribution < -0.4 is 20.1 Å². The van der Waals surface area contributed by atoms with Crippen LogP contribution in [0.3, 0.4) is 0 Å². The highest BCUT2D eigenvalue weighted by atomic mass is 16.5. The zero-order valence-corrected chi connectivity index (χ0v) is 19.5. The number of hydrogen-bond acceptors (Lipinski definition) is 7. The van der Waals surface area contributed by atoms with E-state index in [0.717, 1.165) is 16.9 Å². The summed E-state index contributed by atoms with van der Waals surface area (Å²) in [6.45, 7) is 1.85. The van der Waals surface area contributed by atoms with Gasteiger partial charge in [-0.05, 0) is 49.4 Å². The Morgan fingerprint density at radius 3 is 2.54 bits per heavy atom. The molecule has 0 unspecified atom stereocenters. The van der Waals surface area contributed by atoms with E-state index in [-0.39, 0.29) is 5.91 Å². The number of nitrogens with one attached hydrogen (secondary N) is 2. The van der Waals surface area contributed by atoms with Crippen LogP contribution in [0.1, 0.15) is 18.5 Å². The molecule has 0 spiro atoms. The lowest BCUT2D eigenvalue weighted by molar-refractivity contribution is -0.113. The van der Waals surface area contributed by atoms with Gasteiger partial charge in [-0.25, -0.2) is 4.68 Å². The summed E-state index contributed by atoms with van der Waals surface area (Å²) in [5.74, 6) is 2.17. The minimum absolute atomic E-state index is 0.272. The number of aromatic nitrogens is 4. The summed E-state index contributed by atoms with van der Waals surface area (Å²) in [5, 5.41) is 11.0. The molecule has 176 valence electrons. The average Bonchev–Trinajstić information content (AvgIpc) is 3.32. The maximum Gasteiger partial charge on any atom is 0.255 e. The fraction of sp³-hybridized carbons (Fsp3) is 0.154. The molecule has 5 rings (SSSR count). The summed E-state index contributed by atoms with van der Waals surface area (Å²) in [4.78, 5) is 22.4. The molecule has 0 saturated heterocycles. The maximum absolute atomic E-state index is 13.6. The van der Waals surface area contributed by atoms with Gasteiger partial charge >= 0.3 is 0 Å². The van der Waals surface area contributed by atoms with E-state index < -0.39 is 6.04 Å². The van der Waals surface area contributed by atoms with Crippen molar-refractivity contribution in [2.45, 2.75) is 13.0 Å². The van der Waals surface area contributed by atoms with E-state index in [9.17, 15) is 4.79 Å². The van der Waals surface area contributed by atoms with Gasteiger partial charge in [-0.2, -0.15) is 4.98 Å². The molecule has 0 aliphatic carbocycles. The number of amides is 1. The Morgan fingerprint density at radius 2 is 1.83 bits per heavy atom. The number of nitrogens with zero attached hydrogens (tertiary/aromatic N) is 4. The highest BCUT2D eigenvalue weighted by molar-refractivity contribution is 6.06. The van der Waals surface area contributed by atoms with E-state index in [1.54, 1.807) is 43.4 Å². The fourth-order valence-electron chi connectivity index (χ4n) is 4.12. The third-order valence-corrected chi connectivity index (χ3v) is 5.80. The number of carbonyl (C=O) groups excluding carboxylic acids is 1. The molecule has 3 heterocycles. The zero-order valence-electron chi connectivity index (χ0n) is 19.5. The second kappa shape index (κ2) is 9.30. The van der Waals surface area contributed by atoms with Crippen LogP contribution in [0.25, 0.3) is 11.4 Å². The van der Waals surface area contributed by atoms with Gasteiger partial charge in [-0.3, -0.25) is 9.78 Å². The number of ether oxygens (including phenoxy) is 2. The van der Waals surface area contributed by atoms with E-state index in [1.165, 1.54) is 0 Å². The summed E-state index contributed by atoms with van der Waals surface area (Å²) in [7, 11) is 3.23. The van der Waals surface area contributed by atoms with Gasteiger partial charge < -0.3 is 20.1 Å². The predicted molar refractivity (Wildman–Crippen MR) is 132 cm³/mol. The molecule has 2 aromatic heterocycles. The Bertz CT molecular complexity index is 1400. The lowest BCUT2D eigenvalue weighted by Crippen LogP contribution is -2.31. The van der Waals surface area contributed by atoms with Gasteiger partial charge in [-0.15, -0.1) is 5.10 Å². The van der Waals surface area contributed by atoms with Crippen LogP contribution in [0, 0.1) is 0 Å². The summed E-state index contributed by atoms with van der Waals surface area (Å²) >= 11 is 0. The van der Waals surface area contributed by atoms with Gasteiger partial charge in [0.05, 0.1) is 31.7 Å². The Hall–Kier alpha value is -4.66. The minimum atomic E-state index is -0.571. The van der Waals surface area contributed by atoms with Gasteiger partial charge in [0.2, 0.25) is 5.95 Å². The minimum Gasteiger partial charge on any atom is -0.497 e. The number of rotatable bonds is 6. The summed E-state index contributed by atoms with van der Waals surface area (Å²) < 4.78 is 12.6. The van der Waals surface area contributed by atoms with Crippen LogP contribution in [0.15, 0.2) is 84.3 Å². The molecule has 1 amide bonds. The van der Waals surface area contributed by atoms with Crippen LogP contribution >= 0.6 is 0 Å². The van der Waals surface area contributed by atoms with Crippen LogP contribution in [0.5, 0.6) is 11.5 Å². The summed E-state index contributed by atoms with van der Waals surface area (Å²) in [6, 6.07) is 18.1. The number of methoxy groups -OCH3 is 2. The first-order valence-electron chi connectivity index (χ1n) is 11.0. The normalized spacial score (nSPS) is 14.7. The number of pyridine rings is 1. The molecule has 0 fully saturated rings. The molecule has 4 aromatic rings. The Balaban J connectivity index is 1.62. The fourth-order valence-corrected chi connectivity index (χ4v) is 4.12. The third-order valence-electron chi connectivity index (χ3n) is 5.80. The summed E-state index contributed by atoms with van der Waals surface area (Å²) in [6.07, 6.45) is 3.26. The lowest BCUT2D eigenvalue weighted by atomic mass is 9.94. The molecule has 1 aliphatic rings. The molecular formula is C26H24N6O3. The van der Waals surface area contributed by atoms with Gasteiger partial charge in [0.1, 0.15) is 17.5 Å². The largest absolute Gasteiger partial charge is 0.497 e. The SMILES string of the molecule is COc1ccc(-c2nc3n(n2)[C@@H](c2ccccc2OC)C(C(=O)Nc2cccnc2)=C(C)N3)cc1. The number of hydrogen-bond donors (Lipinski definition) is 2. The van der Waals surface area contributed by atoms with Crippen LogP contribution in [-0.4, -0.2) is 39.9 Å². The van der Waals surface area contributed by atoms with Crippen molar-refractivity contribution in [3.8, 4) is 22.9 Å². The van der Waals surface area contributed by atoms with E-state index in [4.69, 9.17) is 19.6 Å². The van der Waals surface area contributed by atoms with Crippen molar-refractivity contribution in [2.24, 2.45) is 0 Å². The second-order valence-electron chi connectivity index (χ2n) is 7.94. The Kier molecular flexibility index (Phi) is 5.88. The topological polar surface area (TPSA) is 103 Å². The molecule has 1 atom stereocenters. The molecule has 0 radical (unpaired) electrons. The zero-order chi connectivity index (χ0) is 24.4. The predicted octanol–water partition coefficient (Wildman–Crippen LogP) is 4.28. The monoisotopic (exact) mass is 468 g/mol. The van der Waals surface area contributed by atoms with E-state index in [2.05, 4.69) is 15.6 Å².